The van der Waals surface area contributed by atoms with Gasteiger partial charge in [-0.3, -0.25) is 0 Å². The second kappa shape index (κ2) is 4.86. The summed E-state index contributed by atoms with van der Waals surface area (Å²) >= 11 is 0. The van der Waals surface area contributed by atoms with Crippen molar-refractivity contribution in [2.45, 2.75) is 52.0 Å². The number of hydrogen-bond acceptors (Lipinski definition) is 1. The summed E-state index contributed by atoms with van der Waals surface area (Å²) in [4.78, 5) is 0. The van der Waals surface area contributed by atoms with Crippen LogP contribution in [0.1, 0.15) is 46.0 Å². The van der Waals surface area contributed by atoms with Crippen LogP contribution in [-0.2, 0) is 0 Å². The van der Waals surface area contributed by atoms with E-state index in [1.807, 2.05) is 0 Å². The largest absolute Gasteiger partial charge is 0.317 e. The van der Waals surface area contributed by atoms with Crippen LogP contribution in [0.4, 0.5) is 0 Å². The first-order chi connectivity index (χ1) is 5.77. The maximum atomic E-state index is 3.48. The number of hydrogen-bond donors (Lipinski definition) is 1. The third-order valence-electron chi connectivity index (χ3n) is 3.39. The fraction of sp³-hybridized carbons (Fsp3) is 1.00. The summed E-state index contributed by atoms with van der Waals surface area (Å²) in [5.41, 5.74) is 0. The highest BCUT2D eigenvalue weighted by Crippen LogP contribution is 2.28. The Balaban J connectivity index is 2.49. The fourth-order valence-electron chi connectivity index (χ4n) is 2.52. The van der Waals surface area contributed by atoms with Gasteiger partial charge in [-0.1, -0.05) is 33.1 Å². The lowest BCUT2D eigenvalue weighted by molar-refractivity contribution is 0.326. The third kappa shape index (κ3) is 2.48. The smallest absolute Gasteiger partial charge is 0.00947 e. The summed E-state index contributed by atoms with van der Waals surface area (Å²) in [5.74, 6) is 1.86. The molecule has 0 bridgehead atoms. The monoisotopic (exact) mass is 169 g/mol. The van der Waals surface area contributed by atoms with Crippen LogP contribution in [0.5, 0.6) is 0 Å². The van der Waals surface area contributed by atoms with Gasteiger partial charge in [0.25, 0.3) is 0 Å². The first kappa shape index (κ1) is 10.0. The maximum Gasteiger partial charge on any atom is 0.00947 e. The van der Waals surface area contributed by atoms with E-state index in [0.717, 1.165) is 17.9 Å². The van der Waals surface area contributed by atoms with E-state index >= 15 is 0 Å². The SMILES string of the molecule is CCC1CCCC(C)CC1NC. The van der Waals surface area contributed by atoms with Crippen LogP contribution in [0.2, 0.25) is 0 Å². The molecule has 0 amide bonds. The Morgan fingerprint density at radius 3 is 2.67 bits per heavy atom. The van der Waals surface area contributed by atoms with Gasteiger partial charge in [-0.25, -0.2) is 0 Å². The predicted molar refractivity (Wildman–Crippen MR) is 54.3 cm³/mol. The molecule has 1 saturated carbocycles. The van der Waals surface area contributed by atoms with Crippen molar-refractivity contribution in [3.05, 3.63) is 0 Å². The van der Waals surface area contributed by atoms with E-state index in [-0.39, 0.29) is 0 Å². The van der Waals surface area contributed by atoms with E-state index in [2.05, 4.69) is 26.2 Å². The van der Waals surface area contributed by atoms with Crippen molar-refractivity contribution in [1.29, 1.82) is 0 Å². The lowest BCUT2D eigenvalue weighted by Gasteiger charge is -2.24. The van der Waals surface area contributed by atoms with Crippen molar-refractivity contribution in [2.24, 2.45) is 11.8 Å². The van der Waals surface area contributed by atoms with Gasteiger partial charge < -0.3 is 5.32 Å². The summed E-state index contributed by atoms with van der Waals surface area (Å²) in [6, 6.07) is 0.785. The number of nitrogens with one attached hydrogen (secondary N) is 1. The third-order valence-corrected chi connectivity index (χ3v) is 3.39. The average molecular weight is 169 g/mol. The molecule has 0 aromatic rings. The highest BCUT2D eigenvalue weighted by molar-refractivity contribution is 4.79. The van der Waals surface area contributed by atoms with E-state index in [4.69, 9.17) is 0 Å². The topological polar surface area (TPSA) is 12.0 Å². The Labute approximate surface area is 76.9 Å². The summed E-state index contributed by atoms with van der Waals surface area (Å²) in [6.07, 6.45) is 7.05. The van der Waals surface area contributed by atoms with E-state index in [1.54, 1.807) is 0 Å². The molecular weight excluding hydrogens is 146 g/mol. The highest BCUT2D eigenvalue weighted by Gasteiger charge is 2.23. The van der Waals surface area contributed by atoms with Crippen LogP contribution in [0.3, 0.4) is 0 Å². The normalized spacial score (nSPS) is 37.8. The summed E-state index contributed by atoms with van der Waals surface area (Å²) in [6.45, 7) is 4.72. The van der Waals surface area contributed by atoms with Crippen LogP contribution in [0.15, 0.2) is 0 Å². The molecule has 0 radical (unpaired) electrons. The minimum atomic E-state index is 0.785. The molecule has 1 heteroatoms. The molecule has 1 rings (SSSR count). The molecule has 0 aromatic carbocycles. The van der Waals surface area contributed by atoms with Gasteiger partial charge in [0, 0.05) is 6.04 Å². The molecule has 0 aromatic heterocycles. The van der Waals surface area contributed by atoms with Crippen molar-refractivity contribution in [3.63, 3.8) is 0 Å². The predicted octanol–water partition coefficient (Wildman–Crippen LogP) is 2.81. The molecule has 0 spiro atoms. The first-order valence-corrected chi connectivity index (χ1v) is 5.45. The molecule has 0 aliphatic heterocycles. The molecule has 3 unspecified atom stereocenters. The maximum absolute atomic E-state index is 3.48. The molecule has 12 heavy (non-hydrogen) atoms. The van der Waals surface area contributed by atoms with Crippen molar-refractivity contribution in [2.75, 3.05) is 7.05 Å². The van der Waals surface area contributed by atoms with Gasteiger partial charge >= 0.3 is 0 Å². The molecule has 1 nitrogen and oxygen atoms in total. The number of rotatable bonds is 2. The van der Waals surface area contributed by atoms with Crippen molar-refractivity contribution in [3.8, 4) is 0 Å². The second-order valence-corrected chi connectivity index (χ2v) is 4.34. The molecule has 1 aliphatic carbocycles. The van der Waals surface area contributed by atoms with E-state index < -0.39 is 0 Å². The molecule has 1 aliphatic rings. The summed E-state index contributed by atoms with van der Waals surface area (Å²) in [7, 11) is 2.12. The zero-order valence-corrected chi connectivity index (χ0v) is 8.77. The zero-order valence-electron chi connectivity index (χ0n) is 8.77. The average Bonchev–Trinajstić information content (AvgIpc) is 2.26. The lowest BCUT2D eigenvalue weighted by atomic mass is 9.91. The molecule has 0 heterocycles. The molecule has 1 fully saturated rings. The fourth-order valence-corrected chi connectivity index (χ4v) is 2.52. The van der Waals surface area contributed by atoms with Crippen LogP contribution in [-0.4, -0.2) is 13.1 Å². The molecule has 72 valence electrons. The summed E-state index contributed by atoms with van der Waals surface area (Å²) in [5, 5.41) is 3.48. The second-order valence-electron chi connectivity index (χ2n) is 4.34. The Bertz CT molecular complexity index is 122. The minimum Gasteiger partial charge on any atom is -0.317 e. The molecule has 1 N–H and O–H groups in total. The Morgan fingerprint density at radius 1 is 1.33 bits per heavy atom. The Kier molecular flexibility index (Phi) is 4.07. The van der Waals surface area contributed by atoms with Gasteiger partial charge in [0.15, 0.2) is 0 Å². The van der Waals surface area contributed by atoms with Crippen LogP contribution >= 0.6 is 0 Å². The first-order valence-electron chi connectivity index (χ1n) is 5.45. The van der Waals surface area contributed by atoms with E-state index in [0.29, 0.717) is 0 Å². The minimum absolute atomic E-state index is 0.785. The molecule has 0 saturated heterocycles. The van der Waals surface area contributed by atoms with Crippen molar-refractivity contribution >= 4 is 0 Å². The van der Waals surface area contributed by atoms with E-state index in [9.17, 15) is 0 Å². The van der Waals surface area contributed by atoms with Crippen molar-refractivity contribution < 1.29 is 0 Å². The van der Waals surface area contributed by atoms with Gasteiger partial charge in [-0.2, -0.15) is 0 Å². The quantitative estimate of drug-likeness (QED) is 0.627. The van der Waals surface area contributed by atoms with Gasteiger partial charge in [-0.05, 0) is 31.7 Å². The summed E-state index contributed by atoms with van der Waals surface area (Å²) < 4.78 is 0. The van der Waals surface area contributed by atoms with Crippen molar-refractivity contribution in [1.82, 2.24) is 5.32 Å². The standard InChI is InChI=1S/C11H23N/c1-4-10-7-5-6-9(2)8-11(10)12-3/h9-12H,4-8H2,1-3H3. The molecular formula is C11H23N. The Hall–Kier alpha value is -0.0400. The Morgan fingerprint density at radius 2 is 2.08 bits per heavy atom. The lowest BCUT2D eigenvalue weighted by Crippen LogP contribution is -2.33. The van der Waals surface area contributed by atoms with Gasteiger partial charge in [0.1, 0.15) is 0 Å². The van der Waals surface area contributed by atoms with Gasteiger partial charge in [-0.15, -0.1) is 0 Å². The van der Waals surface area contributed by atoms with Gasteiger partial charge in [0.2, 0.25) is 0 Å². The van der Waals surface area contributed by atoms with Crippen LogP contribution in [0.25, 0.3) is 0 Å². The highest BCUT2D eigenvalue weighted by atomic mass is 14.9. The van der Waals surface area contributed by atoms with Gasteiger partial charge in [0.05, 0.1) is 0 Å². The van der Waals surface area contributed by atoms with Crippen LogP contribution < -0.4 is 5.32 Å². The molecule has 3 atom stereocenters. The zero-order chi connectivity index (χ0) is 8.97. The van der Waals surface area contributed by atoms with E-state index in [1.165, 1.54) is 32.1 Å². The van der Waals surface area contributed by atoms with Crippen LogP contribution in [0, 0.1) is 11.8 Å².